The molecule has 4 atom stereocenters. The van der Waals surface area contributed by atoms with E-state index in [1.54, 1.807) is 30.5 Å². The Morgan fingerprint density at radius 2 is 1.86 bits per heavy atom. The molecule has 2 amide bonds. The normalized spacial score (nSPS) is 23.9. The molecule has 43 heavy (non-hydrogen) atoms. The minimum absolute atomic E-state index is 0.158. The number of hydrogen-bond acceptors (Lipinski definition) is 8. The molecule has 1 aromatic heterocycles. The van der Waals surface area contributed by atoms with Gasteiger partial charge in [-0.1, -0.05) is 42.0 Å². The average Bonchev–Trinajstić information content (AvgIpc) is 3.25. The smallest absolute Gasteiger partial charge is 0.488 e. The van der Waals surface area contributed by atoms with Crippen molar-refractivity contribution in [2.75, 3.05) is 4.90 Å². The number of benzene rings is 2. The number of nitrogens with zero attached hydrogens (tertiary/aromatic N) is 2. The van der Waals surface area contributed by atoms with E-state index in [0.717, 1.165) is 27.3 Å². The third-order valence-corrected chi connectivity index (χ3v) is 8.82. The van der Waals surface area contributed by atoms with Gasteiger partial charge in [0.1, 0.15) is 5.75 Å². The standard InChI is InChI=1S/C32H32B2N2O7/c1-19-15-24-30(32(39)36(31(24)38)23-9-6-8-22(17-23)34(41)42)25-18-33(40)43-28(29(19)25)13-12-20(26-10-4-5-14-35-26)16-21-7-2-3-11-27(21)37/h2-11,14,16-17,24-25,28,30,37,40-42H,12-13,15,18H2,1H3/b20-16-/t24-,25+,28-,30-/m1/s1. The number of allylic oxidation sites excluding steroid dienone is 2. The van der Waals surface area contributed by atoms with Gasteiger partial charge in [0.15, 0.2) is 0 Å². The number of para-hydroxylation sites is 1. The fourth-order valence-corrected chi connectivity index (χ4v) is 6.91. The van der Waals surface area contributed by atoms with E-state index in [0.29, 0.717) is 30.5 Å². The number of phenols is 1. The molecule has 0 radical (unpaired) electrons. The Kier molecular flexibility index (Phi) is 8.07. The Morgan fingerprint density at radius 1 is 1.07 bits per heavy atom. The van der Waals surface area contributed by atoms with Gasteiger partial charge >= 0.3 is 14.2 Å². The minimum Gasteiger partial charge on any atom is -0.507 e. The second-order valence-electron chi connectivity index (χ2n) is 11.5. The van der Waals surface area contributed by atoms with E-state index < -0.39 is 32.2 Å². The van der Waals surface area contributed by atoms with E-state index in [1.807, 2.05) is 43.3 Å². The van der Waals surface area contributed by atoms with Gasteiger partial charge in [0.2, 0.25) is 11.8 Å². The van der Waals surface area contributed by atoms with Crippen molar-refractivity contribution in [3.05, 3.63) is 95.3 Å². The van der Waals surface area contributed by atoms with Gasteiger partial charge in [0, 0.05) is 11.8 Å². The molecule has 6 rings (SSSR count). The van der Waals surface area contributed by atoms with Gasteiger partial charge < -0.3 is 24.8 Å². The number of fused-ring (bicyclic) bond motifs is 3. The molecule has 9 nitrogen and oxygen atoms in total. The molecule has 0 unspecified atom stereocenters. The number of imide groups is 1. The Morgan fingerprint density at radius 3 is 2.60 bits per heavy atom. The van der Waals surface area contributed by atoms with Gasteiger partial charge in [-0.05, 0) is 91.4 Å². The summed E-state index contributed by atoms with van der Waals surface area (Å²) in [6, 6.07) is 18.9. The lowest BCUT2D eigenvalue weighted by Crippen LogP contribution is -2.46. The number of carbonyl (C=O) groups excluding carboxylic acids is 2. The van der Waals surface area contributed by atoms with Crippen LogP contribution in [-0.2, 0) is 14.2 Å². The lowest BCUT2D eigenvalue weighted by Gasteiger charge is -2.42. The molecule has 1 aliphatic carbocycles. The Labute approximate surface area is 250 Å². The third-order valence-electron chi connectivity index (χ3n) is 8.82. The van der Waals surface area contributed by atoms with Crippen molar-refractivity contribution in [1.82, 2.24) is 4.98 Å². The predicted octanol–water partition coefficient (Wildman–Crippen LogP) is 2.81. The third kappa shape index (κ3) is 5.57. The summed E-state index contributed by atoms with van der Waals surface area (Å²) in [6.45, 7) is 1.97. The van der Waals surface area contributed by atoms with Crippen molar-refractivity contribution in [3.8, 4) is 5.75 Å². The van der Waals surface area contributed by atoms with Crippen LogP contribution in [0.1, 0.15) is 37.4 Å². The number of phenolic OH excluding ortho intramolecular Hbond substituents is 1. The van der Waals surface area contributed by atoms with Gasteiger partial charge in [-0.15, -0.1) is 0 Å². The summed E-state index contributed by atoms with van der Waals surface area (Å²) in [5.41, 5.74) is 4.73. The van der Waals surface area contributed by atoms with E-state index in [9.17, 15) is 29.8 Å². The van der Waals surface area contributed by atoms with E-state index in [1.165, 1.54) is 12.1 Å². The number of carbonyl (C=O) groups is 2. The van der Waals surface area contributed by atoms with E-state index in [4.69, 9.17) is 4.65 Å². The number of rotatable bonds is 7. The zero-order chi connectivity index (χ0) is 30.2. The van der Waals surface area contributed by atoms with Crippen LogP contribution in [0.25, 0.3) is 11.6 Å². The van der Waals surface area contributed by atoms with Crippen molar-refractivity contribution < 1.29 is 34.4 Å². The van der Waals surface area contributed by atoms with Crippen LogP contribution in [-0.4, -0.2) is 57.3 Å². The SMILES string of the molecule is CC1=C2[C@@H](CC/C(=C/c3ccccc3O)c3ccccn3)OB(O)C[C@@H]2[C@@H]2C(=O)N(c3cccc(B(O)O)c3)C(=O)[C@@H]2C1. The van der Waals surface area contributed by atoms with Gasteiger partial charge in [0.25, 0.3) is 0 Å². The lowest BCUT2D eigenvalue weighted by molar-refractivity contribution is -0.122. The van der Waals surface area contributed by atoms with Crippen LogP contribution >= 0.6 is 0 Å². The average molecular weight is 578 g/mol. The van der Waals surface area contributed by atoms with Gasteiger partial charge in [-0.2, -0.15) is 0 Å². The first-order valence-corrected chi connectivity index (χ1v) is 14.5. The maximum Gasteiger partial charge on any atom is 0.488 e. The fourth-order valence-electron chi connectivity index (χ4n) is 6.91. The van der Waals surface area contributed by atoms with E-state index >= 15 is 0 Å². The van der Waals surface area contributed by atoms with Crippen molar-refractivity contribution in [1.29, 1.82) is 0 Å². The Hall–Kier alpha value is -4.02. The summed E-state index contributed by atoms with van der Waals surface area (Å²) in [4.78, 5) is 33.2. The van der Waals surface area contributed by atoms with Gasteiger partial charge in [-0.3, -0.25) is 19.5 Å². The second-order valence-corrected chi connectivity index (χ2v) is 11.5. The largest absolute Gasteiger partial charge is 0.507 e. The van der Waals surface area contributed by atoms with Crippen LogP contribution in [0.2, 0.25) is 6.32 Å². The fraction of sp³-hybridized carbons (Fsp3) is 0.281. The Balaban J connectivity index is 1.29. The molecule has 0 spiro atoms. The summed E-state index contributed by atoms with van der Waals surface area (Å²) < 4.78 is 6.09. The maximum absolute atomic E-state index is 13.9. The maximum atomic E-state index is 13.9. The highest BCUT2D eigenvalue weighted by Gasteiger charge is 2.57. The monoisotopic (exact) mass is 578 g/mol. The molecule has 0 bridgehead atoms. The van der Waals surface area contributed by atoms with Crippen LogP contribution in [0.4, 0.5) is 5.69 Å². The van der Waals surface area contributed by atoms with Gasteiger partial charge in [0.05, 0.1) is 29.3 Å². The summed E-state index contributed by atoms with van der Waals surface area (Å²) in [5.74, 6) is -2.11. The first-order chi connectivity index (χ1) is 20.7. The second kappa shape index (κ2) is 11.9. The summed E-state index contributed by atoms with van der Waals surface area (Å²) in [6.07, 6.45) is 4.76. The summed E-state index contributed by atoms with van der Waals surface area (Å²) in [7, 11) is -2.83. The molecule has 3 heterocycles. The van der Waals surface area contributed by atoms with Crippen LogP contribution < -0.4 is 10.4 Å². The quantitative estimate of drug-likeness (QED) is 0.191. The van der Waals surface area contributed by atoms with Crippen molar-refractivity contribution in [2.24, 2.45) is 17.8 Å². The zero-order valence-corrected chi connectivity index (χ0v) is 23.7. The van der Waals surface area contributed by atoms with E-state index in [-0.39, 0.29) is 35.3 Å². The van der Waals surface area contributed by atoms with E-state index in [2.05, 4.69) is 4.98 Å². The number of pyridine rings is 1. The first-order valence-electron chi connectivity index (χ1n) is 14.5. The highest BCUT2D eigenvalue weighted by molar-refractivity contribution is 6.58. The summed E-state index contributed by atoms with van der Waals surface area (Å²) >= 11 is 0. The topological polar surface area (TPSA) is 140 Å². The van der Waals surface area contributed by atoms with Crippen molar-refractivity contribution in [3.63, 3.8) is 0 Å². The summed E-state index contributed by atoms with van der Waals surface area (Å²) in [5, 5.41) is 40.5. The van der Waals surface area contributed by atoms with Crippen LogP contribution in [0.15, 0.2) is 84.1 Å². The molecule has 2 fully saturated rings. The number of aromatic hydroxyl groups is 1. The first kappa shape index (κ1) is 29.1. The molecule has 3 aliphatic rings. The number of anilines is 1. The molecule has 3 aromatic rings. The molecular weight excluding hydrogens is 546 g/mol. The molecule has 2 aliphatic heterocycles. The molecule has 11 heteroatoms. The minimum atomic E-state index is -1.73. The highest BCUT2D eigenvalue weighted by atomic mass is 16.5. The number of hydrogen-bond donors (Lipinski definition) is 4. The van der Waals surface area contributed by atoms with Crippen molar-refractivity contribution >= 4 is 48.9 Å². The molecule has 2 aromatic carbocycles. The predicted molar refractivity (Wildman–Crippen MR) is 164 cm³/mol. The number of amides is 2. The highest BCUT2D eigenvalue weighted by Crippen LogP contribution is 2.51. The molecule has 0 saturated carbocycles. The van der Waals surface area contributed by atoms with Crippen molar-refractivity contribution in [2.45, 2.75) is 38.6 Å². The Bertz CT molecular complexity index is 1610. The molecule has 4 N–H and O–H groups in total. The lowest BCUT2D eigenvalue weighted by atomic mass is 9.58. The van der Waals surface area contributed by atoms with Gasteiger partial charge in [-0.25, -0.2) is 0 Å². The molecule has 2 saturated heterocycles. The molecular formula is C32H32B2N2O7. The van der Waals surface area contributed by atoms with Crippen LogP contribution in [0.5, 0.6) is 5.75 Å². The number of aromatic nitrogens is 1. The molecule has 218 valence electrons. The zero-order valence-electron chi connectivity index (χ0n) is 23.7. The van der Waals surface area contributed by atoms with Crippen LogP contribution in [0, 0.1) is 17.8 Å². The van der Waals surface area contributed by atoms with Crippen LogP contribution in [0.3, 0.4) is 0 Å².